The summed E-state index contributed by atoms with van der Waals surface area (Å²) in [6.45, 7) is 0. The predicted molar refractivity (Wildman–Crippen MR) is 89.0 cm³/mol. The van der Waals surface area contributed by atoms with Crippen molar-refractivity contribution in [1.29, 1.82) is 0 Å². The molecule has 0 atom stereocenters. The fraction of sp³-hybridized carbons (Fsp3) is 0.722. The van der Waals surface area contributed by atoms with Crippen LogP contribution in [0, 0.1) is 0 Å². The SMILES string of the molecule is COc1ccc(NC2CCCCCCCCCCC2)cn1. The first-order chi connectivity index (χ1) is 10.4. The third-order valence-electron chi connectivity index (χ3n) is 4.42. The minimum absolute atomic E-state index is 0.597. The maximum absolute atomic E-state index is 5.11. The van der Waals surface area contributed by atoms with Gasteiger partial charge in [0.25, 0.3) is 0 Å². The average molecular weight is 290 g/mol. The molecule has 1 saturated carbocycles. The van der Waals surface area contributed by atoms with Crippen LogP contribution in [0.4, 0.5) is 5.69 Å². The van der Waals surface area contributed by atoms with Gasteiger partial charge in [-0.05, 0) is 18.9 Å². The van der Waals surface area contributed by atoms with E-state index in [1.165, 1.54) is 70.6 Å². The van der Waals surface area contributed by atoms with Gasteiger partial charge in [0.15, 0.2) is 0 Å². The number of hydrogen-bond donors (Lipinski definition) is 1. The molecule has 0 aliphatic heterocycles. The Bertz CT molecular complexity index is 365. The molecule has 3 nitrogen and oxygen atoms in total. The minimum atomic E-state index is 0.597. The van der Waals surface area contributed by atoms with Crippen molar-refractivity contribution in [3.8, 4) is 5.88 Å². The lowest BCUT2D eigenvalue weighted by molar-refractivity contribution is 0.398. The number of hydrogen-bond acceptors (Lipinski definition) is 3. The van der Waals surface area contributed by atoms with E-state index in [4.69, 9.17) is 4.74 Å². The van der Waals surface area contributed by atoms with Crippen molar-refractivity contribution in [2.45, 2.75) is 76.7 Å². The molecular formula is C18H30N2O. The zero-order valence-electron chi connectivity index (χ0n) is 13.4. The molecule has 1 aromatic heterocycles. The molecule has 0 aromatic carbocycles. The van der Waals surface area contributed by atoms with Crippen LogP contribution in [0.1, 0.15) is 70.6 Å². The fourth-order valence-corrected chi connectivity index (χ4v) is 3.13. The second-order valence-electron chi connectivity index (χ2n) is 6.19. The molecule has 2 rings (SSSR count). The Labute approximate surface area is 129 Å². The van der Waals surface area contributed by atoms with E-state index in [-0.39, 0.29) is 0 Å². The van der Waals surface area contributed by atoms with Crippen LogP contribution in [-0.4, -0.2) is 18.1 Å². The Morgan fingerprint density at radius 2 is 1.48 bits per heavy atom. The lowest BCUT2D eigenvalue weighted by Crippen LogP contribution is -2.19. The van der Waals surface area contributed by atoms with Gasteiger partial charge in [-0.15, -0.1) is 0 Å². The molecule has 0 bridgehead atoms. The molecule has 0 amide bonds. The number of nitrogens with zero attached hydrogens (tertiary/aromatic N) is 1. The number of pyridine rings is 1. The van der Waals surface area contributed by atoms with Gasteiger partial charge >= 0.3 is 0 Å². The summed E-state index contributed by atoms with van der Waals surface area (Å²) in [7, 11) is 1.66. The molecular weight excluding hydrogens is 260 g/mol. The second kappa shape index (κ2) is 9.64. The van der Waals surface area contributed by atoms with Gasteiger partial charge in [0.1, 0.15) is 0 Å². The number of nitrogens with one attached hydrogen (secondary N) is 1. The quantitative estimate of drug-likeness (QED) is 0.833. The first-order valence-electron chi connectivity index (χ1n) is 8.65. The van der Waals surface area contributed by atoms with Gasteiger partial charge in [0.2, 0.25) is 5.88 Å². The van der Waals surface area contributed by atoms with E-state index in [0.29, 0.717) is 11.9 Å². The van der Waals surface area contributed by atoms with Gasteiger partial charge < -0.3 is 10.1 Å². The molecule has 118 valence electrons. The maximum Gasteiger partial charge on any atom is 0.213 e. The minimum Gasteiger partial charge on any atom is -0.481 e. The highest BCUT2D eigenvalue weighted by molar-refractivity contribution is 5.42. The Kier molecular flexibility index (Phi) is 7.41. The van der Waals surface area contributed by atoms with Crippen LogP contribution in [0.5, 0.6) is 5.88 Å². The third-order valence-corrected chi connectivity index (χ3v) is 4.42. The Hall–Kier alpha value is -1.25. The van der Waals surface area contributed by atoms with Crippen LogP contribution in [0.2, 0.25) is 0 Å². The molecule has 0 unspecified atom stereocenters. The molecule has 1 aliphatic carbocycles. The molecule has 3 heteroatoms. The molecule has 0 spiro atoms. The van der Waals surface area contributed by atoms with E-state index in [9.17, 15) is 0 Å². The zero-order valence-corrected chi connectivity index (χ0v) is 13.4. The van der Waals surface area contributed by atoms with E-state index >= 15 is 0 Å². The first-order valence-corrected chi connectivity index (χ1v) is 8.65. The normalized spacial score (nSPS) is 19.3. The summed E-state index contributed by atoms with van der Waals surface area (Å²) >= 11 is 0. The number of methoxy groups -OCH3 is 1. The van der Waals surface area contributed by atoms with Gasteiger partial charge in [-0.1, -0.05) is 57.8 Å². The summed E-state index contributed by atoms with van der Waals surface area (Å²) in [6, 6.07) is 4.60. The summed E-state index contributed by atoms with van der Waals surface area (Å²) in [5.74, 6) is 0.680. The van der Waals surface area contributed by atoms with Gasteiger partial charge in [-0.3, -0.25) is 0 Å². The molecule has 1 heterocycles. The van der Waals surface area contributed by atoms with Crippen LogP contribution < -0.4 is 10.1 Å². The van der Waals surface area contributed by atoms with E-state index in [1.807, 2.05) is 12.3 Å². The van der Waals surface area contributed by atoms with Crippen LogP contribution in [0.15, 0.2) is 18.3 Å². The lowest BCUT2D eigenvalue weighted by atomic mass is 9.98. The standard InChI is InChI=1S/C18H30N2O/c1-21-18-14-13-17(15-19-18)20-16-11-9-7-5-3-2-4-6-8-10-12-16/h13-16,20H,2-12H2,1H3. The van der Waals surface area contributed by atoms with E-state index in [1.54, 1.807) is 7.11 Å². The van der Waals surface area contributed by atoms with Gasteiger partial charge in [0.05, 0.1) is 19.0 Å². The summed E-state index contributed by atoms with van der Waals surface area (Å²) in [6.07, 6.45) is 17.1. The maximum atomic E-state index is 5.11. The highest BCUT2D eigenvalue weighted by Gasteiger charge is 2.09. The van der Waals surface area contributed by atoms with Crippen molar-refractivity contribution < 1.29 is 4.74 Å². The number of anilines is 1. The average Bonchev–Trinajstić information content (AvgIpc) is 2.51. The molecule has 0 saturated heterocycles. The molecule has 1 aromatic rings. The zero-order chi connectivity index (χ0) is 14.8. The van der Waals surface area contributed by atoms with Crippen molar-refractivity contribution >= 4 is 5.69 Å². The molecule has 21 heavy (non-hydrogen) atoms. The summed E-state index contributed by atoms with van der Waals surface area (Å²) in [4.78, 5) is 4.28. The van der Waals surface area contributed by atoms with Gasteiger partial charge in [-0.2, -0.15) is 0 Å². The van der Waals surface area contributed by atoms with E-state index in [2.05, 4.69) is 16.4 Å². The topological polar surface area (TPSA) is 34.1 Å². The smallest absolute Gasteiger partial charge is 0.213 e. The number of ether oxygens (including phenoxy) is 1. The monoisotopic (exact) mass is 290 g/mol. The number of rotatable bonds is 3. The van der Waals surface area contributed by atoms with Crippen molar-refractivity contribution in [1.82, 2.24) is 4.98 Å². The summed E-state index contributed by atoms with van der Waals surface area (Å²) in [5, 5.41) is 3.67. The van der Waals surface area contributed by atoms with Crippen LogP contribution in [-0.2, 0) is 0 Å². The Morgan fingerprint density at radius 3 is 1.95 bits per heavy atom. The summed E-state index contributed by atoms with van der Waals surface area (Å²) in [5.41, 5.74) is 1.12. The Balaban J connectivity index is 1.84. The highest BCUT2D eigenvalue weighted by atomic mass is 16.5. The first kappa shape index (κ1) is 16.1. The highest BCUT2D eigenvalue weighted by Crippen LogP contribution is 2.20. The predicted octanol–water partition coefficient (Wildman–Crippen LogP) is 5.18. The largest absolute Gasteiger partial charge is 0.481 e. The van der Waals surface area contributed by atoms with E-state index in [0.717, 1.165) is 5.69 Å². The van der Waals surface area contributed by atoms with Crippen LogP contribution >= 0.6 is 0 Å². The fourth-order valence-electron chi connectivity index (χ4n) is 3.13. The molecule has 1 aliphatic rings. The molecule has 0 radical (unpaired) electrons. The van der Waals surface area contributed by atoms with Gasteiger partial charge in [-0.25, -0.2) is 4.98 Å². The van der Waals surface area contributed by atoms with Crippen molar-refractivity contribution in [3.05, 3.63) is 18.3 Å². The number of aromatic nitrogens is 1. The molecule has 1 fully saturated rings. The summed E-state index contributed by atoms with van der Waals surface area (Å²) < 4.78 is 5.11. The Morgan fingerprint density at radius 1 is 0.905 bits per heavy atom. The van der Waals surface area contributed by atoms with Crippen molar-refractivity contribution in [3.63, 3.8) is 0 Å². The van der Waals surface area contributed by atoms with E-state index < -0.39 is 0 Å². The second-order valence-corrected chi connectivity index (χ2v) is 6.19. The lowest BCUT2D eigenvalue weighted by Gasteiger charge is -2.20. The van der Waals surface area contributed by atoms with Crippen molar-refractivity contribution in [2.24, 2.45) is 0 Å². The van der Waals surface area contributed by atoms with Crippen LogP contribution in [0.25, 0.3) is 0 Å². The third kappa shape index (κ3) is 6.36. The molecule has 1 N–H and O–H groups in total. The van der Waals surface area contributed by atoms with Crippen molar-refractivity contribution in [2.75, 3.05) is 12.4 Å². The van der Waals surface area contributed by atoms with Crippen LogP contribution in [0.3, 0.4) is 0 Å². The van der Waals surface area contributed by atoms with Gasteiger partial charge in [0, 0.05) is 12.1 Å².